The van der Waals surface area contributed by atoms with E-state index in [1.807, 2.05) is 12.1 Å². The normalized spacial score (nSPS) is 22.6. The Morgan fingerprint density at radius 1 is 0.829 bits per heavy atom. The van der Waals surface area contributed by atoms with Crippen molar-refractivity contribution in [3.63, 3.8) is 0 Å². The molecule has 0 aliphatic carbocycles. The smallest absolute Gasteiger partial charge is 0.303 e. The van der Waals surface area contributed by atoms with E-state index < -0.39 is 11.7 Å². The van der Waals surface area contributed by atoms with E-state index in [2.05, 4.69) is 26.6 Å². The second kappa shape index (κ2) is 10.4. The molecule has 2 aliphatic heterocycles. The predicted octanol–water partition coefficient (Wildman–Crippen LogP) is 7.00. The van der Waals surface area contributed by atoms with Crippen LogP contribution in [0.3, 0.4) is 0 Å². The largest absolute Gasteiger partial charge is 0.416 e. The van der Waals surface area contributed by atoms with Gasteiger partial charge in [0.25, 0.3) is 0 Å². The maximum Gasteiger partial charge on any atom is 0.416 e. The van der Waals surface area contributed by atoms with Gasteiger partial charge in [-0.2, -0.15) is 24.5 Å². The first-order chi connectivity index (χ1) is 16.8. The summed E-state index contributed by atoms with van der Waals surface area (Å²) < 4.78 is 52.0. The van der Waals surface area contributed by atoms with Gasteiger partial charge in [-0.3, -0.25) is 4.90 Å². The molecule has 3 aromatic rings. The Morgan fingerprint density at radius 2 is 1.54 bits per heavy atom. The van der Waals surface area contributed by atoms with E-state index in [1.54, 1.807) is 35.6 Å². The third-order valence-corrected chi connectivity index (χ3v) is 8.30. The summed E-state index contributed by atoms with van der Waals surface area (Å²) in [5, 5.41) is 4.36. The number of rotatable bonds is 6. The molecule has 0 bridgehead atoms. The zero-order valence-corrected chi connectivity index (χ0v) is 20.4. The molecule has 1 aromatic heterocycles. The van der Waals surface area contributed by atoms with Crippen molar-refractivity contribution in [2.24, 2.45) is 5.92 Å². The molecular formula is C28H30F4N2S. The molecule has 0 radical (unpaired) electrons. The Hall–Kier alpha value is -2.22. The fourth-order valence-corrected chi connectivity index (χ4v) is 6.44. The Bertz CT molecular complexity index is 1070. The third-order valence-electron chi connectivity index (χ3n) is 7.60. The average molecular weight is 503 g/mol. The lowest BCUT2D eigenvalue weighted by Gasteiger charge is -2.34. The standard InChI is InChI=1S/C28H30F4N2S/c29-26-7-3-21(4-8-26)22-9-12-33(13-10-22)16-24-17-34(18-27(24)23-11-14-35-19-23)15-20-1-5-25(6-2-20)28(30,31)32/h1-8,11,14,19,22,24,27H,9-10,12-13,15-18H2/t24-,27+/m0/s1. The Morgan fingerprint density at radius 3 is 2.17 bits per heavy atom. The monoisotopic (exact) mass is 502 g/mol. The second-order valence-electron chi connectivity index (χ2n) is 9.94. The minimum absolute atomic E-state index is 0.187. The number of thiophene rings is 1. The van der Waals surface area contributed by atoms with Crippen LogP contribution in [0.25, 0.3) is 0 Å². The summed E-state index contributed by atoms with van der Waals surface area (Å²) in [7, 11) is 0. The van der Waals surface area contributed by atoms with Gasteiger partial charge in [0.1, 0.15) is 5.82 Å². The topological polar surface area (TPSA) is 6.48 Å². The Labute approximate surface area is 208 Å². The van der Waals surface area contributed by atoms with Crippen LogP contribution in [0.2, 0.25) is 0 Å². The summed E-state index contributed by atoms with van der Waals surface area (Å²) >= 11 is 1.72. The van der Waals surface area contributed by atoms with Crippen LogP contribution < -0.4 is 0 Å². The molecule has 2 saturated heterocycles. The maximum absolute atomic E-state index is 13.3. The SMILES string of the molecule is Fc1ccc(C2CCN(C[C@H]3CN(Cc4ccc(C(F)(F)F)cc4)C[C@@H]3c3ccsc3)CC2)cc1. The van der Waals surface area contributed by atoms with Gasteiger partial charge in [0, 0.05) is 32.1 Å². The zero-order valence-electron chi connectivity index (χ0n) is 19.6. The highest BCUT2D eigenvalue weighted by Crippen LogP contribution is 2.37. The van der Waals surface area contributed by atoms with E-state index in [0.717, 1.165) is 51.1 Å². The molecule has 0 saturated carbocycles. The van der Waals surface area contributed by atoms with E-state index in [4.69, 9.17) is 0 Å². The van der Waals surface area contributed by atoms with Crippen molar-refractivity contribution in [2.75, 3.05) is 32.7 Å². The van der Waals surface area contributed by atoms with Gasteiger partial charge >= 0.3 is 6.18 Å². The number of benzene rings is 2. The molecule has 7 heteroatoms. The first kappa shape index (κ1) is 24.5. The van der Waals surface area contributed by atoms with E-state index in [9.17, 15) is 17.6 Å². The van der Waals surface area contributed by atoms with Crippen molar-refractivity contribution in [3.8, 4) is 0 Å². The number of halogens is 4. The molecule has 2 nitrogen and oxygen atoms in total. The second-order valence-corrected chi connectivity index (χ2v) is 10.7. The van der Waals surface area contributed by atoms with Crippen molar-refractivity contribution in [3.05, 3.63) is 93.4 Å². The highest BCUT2D eigenvalue weighted by Gasteiger charge is 2.36. The van der Waals surface area contributed by atoms with Crippen molar-refractivity contribution in [1.29, 1.82) is 0 Å². The molecule has 2 atom stereocenters. The van der Waals surface area contributed by atoms with Crippen LogP contribution in [0.5, 0.6) is 0 Å². The van der Waals surface area contributed by atoms with Gasteiger partial charge in [0.15, 0.2) is 0 Å². The van der Waals surface area contributed by atoms with Gasteiger partial charge in [0.2, 0.25) is 0 Å². The van der Waals surface area contributed by atoms with Crippen LogP contribution in [0.15, 0.2) is 65.4 Å². The summed E-state index contributed by atoms with van der Waals surface area (Å²) in [6.07, 6.45) is -2.14. The van der Waals surface area contributed by atoms with Gasteiger partial charge in [-0.05, 0) is 95.5 Å². The average Bonchev–Trinajstić information content (AvgIpc) is 3.50. The van der Waals surface area contributed by atoms with Crippen molar-refractivity contribution < 1.29 is 17.6 Å². The fourth-order valence-electron chi connectivity index (χ4n) is 5.71. The molecule has 0 unspecified atom stereocenters. The number of hydrogen-bond donors (Lipinski definition) is 0. The predicted molar refractivity (Wildman–Crippen MR) is 132 cm³/mol. The van der Waals surface area contributed by atoms with Crippen molar-refractivity contribution in [1.82, 2.24) is 9.80 Å². The Balaban J connectivity index is 1.21. The van der Waals surface area contributed by atoms with Crippen LogP contribution in [-0.4, -0.2) is 42.5 Å². The minimum Gasteiger partial charge on any atom is -0.303 e. The van der Waals surface area contributed by atoms with Crippen LogP contribution in [0.1, 0.15) is 46.9 Å². The fraction of sp³-hybridized carbons (Fsp3) is 0.429. The molecule has 3 heterocycles. The van der Waals surface area contributed by atoms with Crippen LogP contribution in [0, 0.1) is 11.7 Å². The van der Waals surface area contributed by atoms with Gasteiger partial charge in [-0.25, -0.2) is 4.39 Å². The summed E-state index contributed by atoms with van der Waals surface area (Å²) in [5.41, 5.74) is 2.92. The van der Waals surface area contributed by atoms with Crippen LogP contribution in [-0.2, 0) is 12.7 Å². The van der Waals surface area contributed by atoms with Gasteiger partial charge in [-0.1, -0.05) is 24.3 Å². The van der Waals surface area contributed by atoms with Gasteiger partial charge < -0.3 is 4.90 Å². The molecule has 2 aromatic carbocycles. The molecule has 35 heavy (non-hydrogen) atoms. The first-order valence-electron chi connectivity index (χ1n) is 12.2. The third kappa shape index (κ3) is 5.96. The highest BCUT2D eigenvalue weighted by atomic mass is 32.1. The van der Waals surface area contributed by atoms with Crippen molar-refractivity contribution in [2.45, 2.75) is 37.4 Å². The van der Waals surface area contributed by atoms with E-state index in [0.29, 0.717) is 24.3 Å². The van der Waals surface area contributed by atoms with E-state index in [-0.39, 0.29) is 5.82 Å². The summed E-state index contributed by atoms with van der Waals surface area (Å²) in [6, 6.07) is 14.7. The van der Waals surface area contributed by atoms with Gasteiger partial charge in [-0.15, -0.1) is 0 Å². The summed E-state index contributed by atoms with van der Waals surface area (Å²) in [5.74, 6) is 1.22. The molecule has 0 spiro atoms. The number of nitrogens with zero attached hydrogens (tertiary/aromatic N) is 2. The number of hydrogen-bond acceptors (Lipinski definition) is 3. The molecule has 186 valence electrons. The molecule has 2 fully saturated rings. The van der Waals surface area contributed by atoms with Gasteiger partial charge in [0.05, 0.1) is 5.56 Å². The lowest BCUT2D eigenvalue weighted by Crippen LogP contribution is -2.38. The lowest BCUT2D eigenvalue weighted by molar-refractivity contribution is -0.137. The number of likely N-dealkylation sites (tertiary alicyclic amines) is 2. The first-order valence-corrected chi connectivity index (χ1v) is 13.2. The molecule has 0 amide bonds. The number of alkyl halides is 3. The highest BCUT2D eigenvalue weighted by molar-refractivity contribution is 7.08. The zero-order chi connectivity index (χ0) is 24.4. The summed E-state index contributed by atoms with van der Waals surface area (Å²) in [6.45, 7) is 5.64. The lowest BCUT2D eigenvalue weighted by atomic mass is 9.87. The number of piperidine rings is 1. The molecular weight excluding hydrogens is 472 g/mol. The molecule has 0 N–H and O–H groups in total. The maximum atomic E-state index is 13.3. The quantitative estimate of drug-likeness (QED) is 0.335. The van der Waals surface area contributed by atoms with Crippen LogP contribution >= 0.6 is 11.3 Å². The van der Waals surface area contributed by atoms with E-state index in [1.165, 1.54) is 23.3 Å². The van der Waals surface area contributed by atoms with E-state index >= 15 is 0 Å². The Kier molecular flexibility index (Phi) is 7.28. The molecule has 5 rings (SSSR count). The molecule has 2 aliphatic rings. The van der Waals surface area contributed by atoms with Crippen molar-refractivity contribution >= 4 is 11.3 Å². The minimum atomic E-state index is -4.30. The summed E-state index contributed by atoms with van der Waals surface area (Å²) in [4.78, 5) is 4.95. The van der Waals surface area contributed by atoms with Crippen LogP contribution in [0.4, 0.5) is 17.6 Å².